The topological polar surface area (TPSA) is 30.5 Å². The van der Waals surface area contributed by atoms with Crippen LogP contribution in [0.25, 0.3) is 0 Å². The van der Waals surface area contributed by atoms with Crippen LogP contribution in [-0.2, 0) is 11.2 Å². The monoisotopic (exact) mass is 311 g/mol. The van der Waals surface area contributed by atoms with Gasteiger partial charge in [0.05, 0.1) is 7.11 Å². The zero-order valence-electron chi connectivity index (χ0n) is 13.0. The third kappa shape index (κ3) is 5.17. The lowest BCUT2D eigenvalue weighted by molar-refractivity contribution is 0.181. The molecule has 0 saturated carbocycles. The molecule has 0 amide bonds. The molecule has 1 saturated heterocycles. The minimum absolute atomic E-state index is 0.448. The van der Waals surface area contributed by atoms with Gasteiger partial charge < -0.3 is 14.8 Å². The van der Waals surface area contributed by atoms with Crippen LogP contribution in [0.5, 0.6) is 5.75 Å². The molecule has 2 rings (SSSR count). The smallest absolute Gasteiger partial charge is 0.122 e. The summed E-state index contributed by atoms with van der Waals surface area (Å²) in [5.74, 6) is 1.59. The molecule has 0 spiro atoms. The fourth-order valence-corrected chi connectivity index (χ4v) is 3.13. The Morgan fingerprint density at radius 2 is 2.33 bits per heavy atom. The zero-order valence-corrected chi connectivity index (χ0v) is 13.8. The number of rotatable bonds is 8. The lowest BCUT2D eigenvalue weighted by atomic mass is 9.94. The van der Waals surface area contributed by atoms with Gasteiger partial charge in [0, 0.05) is 24.3 Å². The molecule has 2 atom stereocenters. The molecule has 3 nitrogen and oxygen atoms in total. The summed E-state index contributed by atoms with van der Waals surface area (Å²) in [4.78, 5) is 0. The first-order chi connectivity index (χ1) is 10.2. The Morgan fingerprint density at radius 3 is 3.00 bits per heavy atom. The highest BCUT2D eigenvalue weighted by molar-refractivity contribution is 6.30. The van der Waals surface area contributed by atoms with E-state index < -0.39 is 0 Å². The van der Waals surface area contributed by atoms with Crippen molar-refractivity contribution >= 4 is 11.6 Å². The molecule has 4 heteroatoms. The Labute approximate surface area is 133 Å². The fourth-order valence-electron chi connectivity index (χ4n) is 2.93. The molecule has 1 heterocycles. The lowest BCUT2D eigenvalue weighted by Crippen LogP contribution is -2.34. The van der Waals surface area contributed by atoms with Gasteiger partial charge in [-0.3, -0.25) is 0 Å². The summed E-state index contributed by atoms with van der Waals surface area (Å²) in [6.07, 6.45) is 4.41. The van der Waals surface area contributed by atoms with Gasteiger partial charge in [0.2, 0.25) is 0 Å². The van der Waals surface area contributed by atoms with Crippen LogP contribution in [0, 0.1) is 5.92 Å². The van der Waals surface area contributed by atoms with Gasteiger partial charge in [-0.05, 0) is 61.9 Å². The van der Waals surface area contributed by atoms with Gasteiger partial charge in [0.25, 0.3) is 0 Å². The standard InChI is InChI=1S/C17H26ClNO2/c1-3-7-19-16(9-13-6-8-21-12-13)11-14-10-15(18)4-5-17(14)20-2/h4-5,10,13,16,19H,3,6-9,11-12H2,1-2H3. The van der Waals surface area contributed by atoms with E-state index in [0.29, 0.717) is 12.0 Å². The highest BCUT2D eigenvalue weighted by atomic mass is 35.5. The first-order valence-electron chi connectivity index (χ1n) is 7.86. The van der Waals surface area contributed by atoms with Crippen LogP contribution in [0.3, 0.4) is 0 Å². The van der Waals surface area contributed by atoms with Crippen molar-refractivity contribution in [1.82, 2.24) is 5.32 Å². The number of hydrogen-bond acceptors (Lipinski definition) is 3. The predicted octanol–water partition coefficient (Wildman–Crippen LogP) is 3.69. The molecule has 0 radical (unpaired) electrons. The van der Waals surface area contributed by atoms with Gasteiger partial charge in [-0.15, -0.1) is 0 Å². The second-order valence-corrected chi connectivity index (χ2v) is 6.21. The first-order valence-corrected chi connectivity index (χ1v) is 8.24. The zero-order chi connectivity index (χ0) is 15.1. The summed E-state index contributed by atoms with van der Waals surface area (Å²) in [6, 6.07) is 6.30. The number of benzene rings is 1. The maximum Gasteiger partial charge on any atom is 0.122 e. The second-order valence-electron chi connectivity index (χ2n) is 5.78. The SMILES string of the molecule is CCCNC(Cc1cc(Cl)ccc1OC)CC1CCOC1. The average Bonchev–Trinajstić information content (AvgIpc) is 2.98. The normalized spacial score (nSPS) is 19.7. The Hall–Kier alpha value is -0.770. The number of hydrogen-bond donors (Lipinski definition) is 1. The highest BCUT2D eigenvalue weighted by Crippen LogP contribution is 2.26. The Bertz CT molecular complexity index is 433. The minimum Gasteiger partial charge on any atom is -0.496 e. The number of halogens is 1. The van der Waals surface area contributed by atoms with Crippen molar-refractivity contribution in [2.45, 2.75) is 38.6 Å². The van der Waals surface area contributed by atoms with Crippen molar-refractivity contribution in [2.24, 2.45) is 5.92 Å². The van der Waals surface area contributed by atoms with Crippen molar-refractivity contribution in [1.29, 1.82) is 0 Å². The van der Waals surface area contributed by atoms with Crippen molar-refractivity contribution in [3.63, 3.8) is 0 Å². The van der Waals surface area contributed by atoms with Gasteiger partial charge in [0.1, 0.15) is 5.75 Å². The Balaban J connectivity index is 2.03. The predicted molar refractivity (Wildman–Crippen MR) is 87.3 cm³/mol. The maximum atomic E-state index is 6.14. The van der Waals surface area contributed by atoms with Crippen LogP contribution >= 0.6 is 11.6 Å². The molecule has 118 valence electrons. The van der Waals surface area contributed by atoms with Gasteiger partial charge in [-0.2, -0.15) is 0 Å². The van der Waals surface area contributed by atoms with Gasteiger partial charge in [-0.1, -0.05) is 18.5 Å². The van der Waals surface area contributed by atoms with Crippen LogP contribution in [0.4, 0.5) is 0 Å². The largest absolute Gasteiger partial charge is 0.496 e. The molecular weight excluding hydrogens is 286 g/mol. The Kier molecular flexibility index (Phi) is 6.81. The fraction of sp³-hybridized carbons (Fsp3) is 0.647. The van der Waals surface area contributed by atoms with Crippen molar-refractivity contribution in [3.8, 4) is 5.75 Å². The number of nitrogens with one attached hydrogen (secondary N) is 1. The maximum absolute atomic E-state index is 6.14. The summed E-state index contributed by atoms with van der Waals surface area (Å²) in [7, 11) is 1.71. The molecule has 0 aliphatic carbocycles. The van der Waals surface area contributed by atoms with E-state index in [1.54, 1.807) is 7.11 Å². The van der Waals surface area contributed by atoms with Crippen molar-refractivity contribution < 1.29 is 9.47 Å². The quantitative estimate of drug-likeness (QED) is 0.794. The van der Waals surface area contributed by atoms with Crippen LogP contribution in [0.15, 0.2) is 18.2 Å². The van der Waals surface area contributed by atoms with Crippen molar-refractivity contribution in [2.75, 3.05) is 26.9 Å². The van der Waals surface area contributed by atoms with E-state index in [1.165, 1.54) is 12.0 Å². The van der Waals surface area contributed by atoms with Crippen LogP contribution in [0.2, 0.25) is 5.02 Å². The molecule has 21 heavy (non-hydrogen) atoms. The van der Waals surface area contributed by atoms with E-state index in [2.05, 4.69) is 12.2 Å². The molecule has 1 aliphatic rings. The molecular formula is C17H26ClNO2. The average molecular weight is 312 g/mol. The summed E-state index contributed by atoms with van der Waals surface area (Å²) in [5.41, 5.74) is 1.18. The van der Waals surface area contributed by atoms with E-state index in [0.717, 1.165) is 49.8 Å². The summed E-state index contributed by atoms with van der Waals surface area (Å²) in [5, 5.41) is 4.43. The van der Waals surface area contributed by atoms with E-state index in [-0.39, 0.29) is 0 Å². The third-order valence-electron chi connectivity index (χ3n) is 4.03. The van der Waals surface area contributed by atoms with E-state index in [4.69, 9.17) is 21.1 Å². The molecule has 1 fully saturated rings. The number of ether oxygens (including phenoxy) is 2. The first kappa shape index (κ1) is 16.6. The molecule has 0 aromatic heterocycles. The summed E-state index contributed by atoms with van der Waals surface area (Å²) >= 11 is 6.14. The van der Waals surface area contributed by atoms with Crippen LogP contribution in [-0.4, -0.2) is 32.9 Å². The van der Waals surface area contributed by atoms with Gasteiger partial charge in [-0.25, -0.2) is 0 Å². The third-order valence-corrected chi connectivity index (χ3v) is 4.27. The van der Waals surface area contributed by atoms with Gasteiger partial charge in [0.15, 0.2) is 0 Å². The highest BCUT2D eigenvalue weighted by Gasteiger charge is 2.21. The summed E-state index contributed by atoms with van der Waals surface area (Å²) < 4.78 is 11.0. The molecule has 1 aliphatic heterocycles. The number of methoxy groups -OCH3 is 1. The molecule has 1 aromatic rings. The molecule has 1 N–H and O–H groups in total. The van der Waals surface area contributed by atoms with E-state index in [9.17, 15) is 0 Å². The van der Waals surface area contributed by atoms with E-state index >= 15 is 0 Å². The van der Waals surface area contributed by atoms with Crippen molar-refractivity contribution in [3.05, 3.63) is 28.8 Å². The Morgan fingerprint density at radius 1 is 1.48 bits per heavy atom. The summed E-state index contributed by atoms with van der Waals surface area (Å²) in [6.45, 7) is 5.05. The van der Waals surface area contributed by atoms with Crippen LogP contribution in [0.1, 0.15) is 31.7 Å². The lowest BCUT2D eigenvalue weighted by Gasteiger charge is -2.22. The van der Waals surface area contributed by atoms with E-state index in [1.807, 2.05) is 18.2 Å². The minimum atomic E-state index is 0.448. The second kappa shape index (κ2) is 8.62. The molecule has 1 aromatic carbocycles. The molecule has 2 unspecified atom stereocenters. The van der Waals surface area contributed by atoms with Crippen LogP contribution < -0.4 is 10.1 Å². The van der Waals surface area contributed by atoms with Gasteiger partial charge >= 0.3 is 0 Å². The molecule has 0 bridgehead atoms.